The van der Waals surface area contributed by atoms with E-state index in [1.807, 2.05) is 6.07 Å². The number of anilines is 5. The highest BCUT2D eigenvalue weighted by molar-refractivity contribution is 8.01. The van der Waals surface area contributed by atoms with Crippen LogP contribution in [0, 0.1) is 16.7 Å². The third kappa shape index (κ3) is 7.86. The average molecular weight is 1190 g/mol. The highest BCUT2D eigenvalue weighted by Crippen LogP contribution is 2.70. The van der Waals surface area contributed by atoms with Crippen LogP contribution in [0.15, 0.2) is 311 Å². The lowest BCUT2D eigenvalue weighted by atomic mass is 9.55. The van der Waals surface area contributed by atoms with E-state index in [9.17, 15) is 0 Å². The molecule has 17 rings (SSSR count). The molecule has 0 radical (unpaired) electrons. The minimum atomic E-state index is -0.583. The van der Waals surface area contributed by atoms with Crippen LogP contribution in [-0.4, -0.2) is 10.5 Å². The van der Waals surface area contributed by atoms with Crippen LogP contribution in [0.4, 0.5) is 28.4 Å². The Labute approximate surface area is 528 Å². The lowest BCUT2D eigenvalue weighted by molar-refractivity contribution is 0.229. The molecule has 6 aliphatic rings. The molecule has 1 spiro atoms. The molecule has 10 aromatic carbocycles. The van der Waals surface area contributed by atoms with Gasteiger partial charge in [0.15, 0.2) is 0 Å². The zero-order valence-electron chi connectivity index (χ0n) is 49.1. The Morgan fingerprint density at radius 2 is 1.18 bits per heavy atom. The smallest absolute Gasteiger partial charge is 0.143 e. The zero-order valence-corrected chi connectivity index (χ0v) is 51.5. The molecule has 88 heavy (non-hydrogen) atoms. The van der Waals surface area contributed by atoms with Crippen LogP contribution < -0.4 is 9.80 Å². The van der Waals surface area contributed by atoms with Gasteiger partial charge in [0.2, 0.25) is 0 Å². The summed E-state index contributed by atoms with van der Waals surface area (Å²) < 4.78 is 6.71. The molecule has 1 fully saturated rings. The van der Waals surface area contributed by atoms with E-state index in [0.29, 0.717) is 10.5 Å². The highest BCUT2D eigenvalue weighted by atomic mass is 35.5. The fraction of sp³-hybridized carbons (Fsp3) is 0.122. The van der Waals surface area contributed by atoms with Gasteiger partial charge in [0.25, 0.3) is 0 Å². The highest BCUT2D eigenvalue weighted by Gasteiger charge is 2.62. The van der Waals surface area contributed by atoms with Gasteiger partial charge >= 0.3 is 0 Å². The van der Waals surface area contributed by atoms with Crippen molar-refractivity contribution in [2.45, 2.75) is 52.9 Å². The first-order valence-corrected chi connectivity index (χ1v) is 32.8. The molecule has 0 bridgehead atoms. The van der Waals surface area contributed by atoms with Crippen molar-refractivity contribution in [1.29, 1.82) is 0 Å². The average Bonchev–Trinajstić information content (AvgIpc) is 1.48. The maximum absolute atomic E-state index is 7.51. The minimum absolute atomic E-state index is 0.0976. The third-order valence-electron chi connectivity index (χ3n) is 20.2. The predicted molar refractivity (Wildman–Crippen MR) is 372 cm³/mol. The molecule has 6 unspecified atom stereocenters. The summed E-state index contributed by atoms with van der Waals surface area (Å²) in [6, 6.07) is 89.0. The van der Waals surface area contributed by atoms with Crippen LogP contribution in [0.25, 0.3) is 49.8 Å². The van der Waals surface area contributed by atoms with E-state index < -0.39 is 5.41 Å². The molecule has 0 saturated carbocycles. The van der Waals surface area contributed by atoms with E-state index >= 15 is 0 Å². The lowest BCUT2D eigenvalue weighted by Gasteiger charge is -2.49. The van der Waals surface area contributed by atoms with Crippen molar-refractivity contribution in [3.8, 4) is 11.1 Å². The number of furan rings is 1. The second-order valence-corrected chi connectivity index (χ2v) is 27.5. The molecule has 0 amide bonds. The maximum Gasteiger partial charge on any atom is 0.143 e. The Balaban J connectivity index is 0.808. The van der Waals surface area contributed by atoms with Gasteiger partial charge in [-0.15, -0.1) is 11.8 Å². The van der Waals surface area contributed by atoms with Gasteiger partial charge in [-0.05, 0) is 152 Å². The van der Waals surface area contributed by atoms with E-state index in [1.54, 1.807) is 11.8 Å². The standard InChI is InChI=1S/C82H61ClN2OS2/c1-52-47-70-65(51-63(52)54-38-40-58(41-39-54)85(57-29-14-7-15-30-57)72-44-45-76-81(3,77(72)55-25-10-5-11-26-55)80(2)46-21-20-37-75(80)88-76)61-31-16-18-33-67(61)82(70)68-43-42-59(50-74(68)87-79-69(82)34-22-35-71(79)83)84(56-27-12-6-13-28-56)60-48-64(53-23-8-4-9-24-53)78-66(49-60)62-32-17-19-36-73(62)86-78/h4-46,48-52,75-76H,47H2,1-3H3. The van der Waals surface area contributed by atoms with E-state index in [4.69, 9.17) is 16.0 Å². The van der Waals surface area contributed by atoms with Crippen molar-refractivity contribution in [1.82, 2.24) is 0 Å². The normalized spacial score (nSPS) is 22.7. The number of halogens is 1. The molecule has 1 aromatic heterocycles. The van der Waals surface area contributed by atoms with Gasteiger partial charge in [0, 0.05) is 75.9 Å². The van der Waals surface area contributed by atoms with Gasteiger partial charge in [-0.25, -0.2) is 0 Å². The Bertz CT molecular complexity index is 4850. The van der Waals surface area contributed by atoms with Crippen molar-refractivity contribution in [2.75, 3.05) is 9.80 Å². The zero-order chi connectivity index (χ0) is 58.9. The summed E-state index contributed by atoms with van der Waals surface area (Å²) in [5.74, 6) is 0.207. The number of fused-ring (bicyclic) bond motifs is 14. The third-order valence-corrected chi connectivity index (χ3v) is 23.7. The number of para-hydroxylation sites is 3. The van der Waals surface area contributed by atoms with Crippen LogP contribution in [0.2, 0.25) is 5.02 Å². The summed E-state index contributed by atoms with van der Waals surface area (Å²) in [7, 11) is 0. The van der Waals surface area contributed by atoms with E-state index in [0.717, 1.165) is 77.8 Å². The molecule has 2 aliphatic heterocycles. The van der Waals surface area contributed by atoms with Gasteiger partial charge in [0.05, 0.1) is 16.1 Å². The van der Waals surface area contributed by atoms with Crippen LogP contribution >= 0.6 is 35.1 Å². The van der Waals surface area contributed by atoms with Gasteiger partial charge in [-0.2, -0.15) is 0 Å². The first-order valence-electron chi connectivity index (χ1n) is 30.7. The molecule has 424 valence electrons. The summed E-state index contributed by atoms with van der Waals surface area (Å²) in [4.78, 5) is 7.22. The Kier molecular flexibility index (Phi) is 12.5. The van der Waals surface area contributed by atoms with Crippen LogP contribution in [0.1, 0.15) is 60.6 Å². The number of hydrogen-bond donors (Lipinski definition) is 0. The number of nitrogens with zero attached hydrogens (tertiary/aromatic N) is 2. The summed E-state index contributed by atoms with van der Waals surface area (Å²) >= 11 is 11.4. The Morgan fingerprint density at radius 1 is 0.523 bits per heavy atom. The molecule has 11 aromatic rings. The van der Waals surface area contributed by atoms with Gasteiger partial charge in [-0.3, -0.25) is 0 Å². The molecule has 1 saturated heterocycles. The maximum atomic E-state index is 7.51. The minimum Gasteiger partial charge on any atom is -0.455 e. The molecule has 3 heterocycles. The van der Waals surface area contributed by atoms with E-state index in [1.165, 1.54) is 66.3 Å². The van der Waals surface area contributed by atoms with Gasteiger partial charge < -0.3 is 14.2 Å². The first kappa shape index (κ1) is 53.3. The lowest BCUT2D eigenvalue weighted by Crippen LogP contribution is -2.45. The van der Waals surface area contributed by atoms with E-state index in [2.05, 4.69) is 321 Å². The largest absolute Gasteiger partial charge is 0.455 e. The second kappa shape index (κ2) is 20.6. The molecular weight excluding hydrogens is 1130 g/mol. The molecule has 6 heteroatoms. The van der Waals surface area contributed by atoms with Gasteiger partial charge in [0.1, 0.15) is 11.2 Å². The monoisotopic (exact) mass is 1190 g/mol. The van der Waals surface area contributed by atoms with Crippen molar-refractivity contribution >= 4 is 102 Å². The summed E-state index contributed by atoms with van der Waals surface area (Å²) in [6.07, 6.45) is 17.8. The van der Waals surface area contributed by atoms with Gasteiger partial charge in [-0.1, -0.05) is 250 Å². The molecular formula is C82H61ClN2OS2. The summed E-state index contributed by atoms with van der Waals surface area (Å²) in [5, 5.41) is 3.63. The fourth-order valence-electron chi connectivity index (χ4n) is 15.9. The number of benzene rings is 10. The second-order valence-electron chi connectivity index (χ2n) is 24.7. The number of allylic oxidation sites excluding steroid dienone is 9. The summed E-state index contributed by atoms with van der Waals surface area (Å²) in [5.41, 5.74) is 22.8. The first-order chi connectivity index (χ1) is 43.2. The van der Waals surface area contributed by atoms with Crippen molar-refractivity contribution < 1.29 is 4.42 Å². The topological polar surface area (TPSA) is 19.6 Å². The summed E-state index contributed by atoms with van der Waals surface area (Å²) in [6.45, 7) is 7.45. The van der Waals surface area contributed by atoms with Crippen molar-refractivity contribution in [2.24, 2.45) is 16.7 Å². The molecule has 0 N–H and O–H groups in total. The molecule has 4 aliphatic carbocycles. The van der Waals surface area contributed by atoms with Crippen molar-refractivity contribution in [3.63, 3.8) is 0 Å². The van der Waals surface area contributed by atoms with Crippen LogP contribution in [0.3, 0.4) is 0 Å². The predicted octanol–water partition coefficient (Wildman–Crippen LogP) is 22.8. The van der Waals surface area contributed by atoms with Crippen molar-refractivity contribution in [3.05, 3.63) is 335 Å². The van der Waals surface area contributed by atoms with Crippen LogP contribution in [0.5, 0.6) is 0 Å². The van der Waals surface area contributed by atoms with Crippen LogP contribution in [-0.2, 0) is 5.41 Å². The Morgan fingerprint density at radius 3 is 1.95 bits per heavy atom. The fourth-order valence-corrected chi connectivity index (χ4v) is 19.3. The van der Waals surface area contributed by atoms with E-state index in [-0.39, 0.29) is 16.7 Å². The molecule has 3 nitrogen and oxygen atoms in total. The SMILES string of the molecule is CC1CC2=C(C=C1c1ccc(N(C3=C(c4ccccc4)C4(C)C(C=C3)SC3C=CC=CC34C)c3ccccc3)cc1)c1ccccc1C21c2ccc(N(c3ccccc3)c3cc(-c4ccccc4)c4oc5ccccc5c4c3)cc2Sc2c(Cl)cccc21. The quantitative estimate of drug-likeness (QED) is 0.143. The number of hydrogen-bond acceptors (Lipinski definition) is 5. The molecule has 6 atom stereocenters. The Hall–Kier alpha value is -8.97. The number of thioether (sulfide) groups is 1. The number of rotatable bonds is 9.